The van der Waals surface area contributed by atoms with Crippen molar-refractivity contribution in [2.24, 2.45) is 0 Å². The lowest BCUT2D eigenvalue weighted by atomic mass is 10.1. The van der Waals surface area contributed by atoms with E-state index in [1.807, 2.05) is 26.0 Å². The molecular formula is C16H14N2O3. The number of hydrogen-bond donors (Lipinski definition) is 2. The zero-order chi connectivity index (χ0) is 15.0. The Kier molecular flexibility index (Phi) is 3.10. The molecular weight excluding hydrogens is 268 g/mol. The Labute approximate surface area is 121 Å². The second-order valence-corrected chi connectivity index (χ2v) is 4.96. The van der Waals surface area contributed by atoms with E-state index in [1.54, 1.807) is 24.3 Å². The summed E-state index contributed by atoms with van der Waals surface area (Å²) in [5.41, 5.74) is 2.83. The highest BCUT2D eigenvalue weighted by Gasteiger charge is 2.16. The van der Waals surface area contributed by atoms with Crippen molar-refractivity contribution >= 4 is 0 Å². The van der Waals surface area contributed by atoms with Gasteiger partial charge in [-0.2, -0.15) is 4.98 Å². The van der Waals surface area contributed by atoms with E-state index in [2.05, 4.69) is 10.1 Å². The van der Waals surface area contributed by atoms with Gasteiger partial charge in [-0.3, -0.25) is 0 Å². The van der Waals surface area contributed by atoms with Crippen molar-refractivity contribution < 1.29 is 14.7 Å². The largest absolute Gasteiger partial charge is 0.507 e. The summed E-state index contributed by atoms with van der Waals surface area (Å²) >= 11 is 0. The van der Waals surface area contributed by atoms with Crippen LogP contribution in [-0.2, 0) is 0 Å². The molecule has 1 aromatic heterocycles. The van der Waals surface area contributed by atoms with E-state index in [0.717, 1.165) is 11.1 Å². The van der Waals surface area contributed by atoms with Crippen LogP contribution in [0.1, 0.15) is 11.1 Å². The van der Waals surface area contributed by atoms with Crippen molar-refractivity contribution in [2.45, 2.75) is 13.8 Å². The minimum absolute atomic E-state index is 0.0818. The lowest BCUT2D eigenvalue weighted by Gasteiger charge is -2.01. The molecule has 0 unspecified atom stereocenters. The van der Waals surface area contributed by atoms with Crippen molar-refractivity contribution in [3.8, 4) is 34.3 Å². The van der Waals surface area contributed by atoms with Gasteiger partial charge in [0.1, 0.15) is 11.5 Å². The predicted octanol–water partition coefficient (Wildman–Crippen LogP) is 3.43. The molecule has 0 spiro atoms. The molecule has 3 rings (SSSR count). The van der Waals surface area contributed by atoms with E-state index in [0.29, 0.717) is 11.1 Å². The molecule has 2 N–H and O–H groups in total. The maximum absolute atomic E-state index is 9.94. The zero-order valence-electron chi connectivity index (χ0n) is 11.7. The molecule has 2 aromatic carbocycles. The molecule has 21 heavy (non-hydrogen) atoms. The molecule has 0 fully saturated rings. The van der Waals surface area contributed by atoms with Crippen LogP contribution in [-0.4, -0.2) is 20.4 Å². The third kappa shape index (κ3) is 2.45. The highest BCUT2D eigenvalue weighted by Crippen LogP contribution is 2.32. The van der Waals surface area contributed by atoms with Gasteiger partial charge in [-0.15, -0.1) is 0 Å². The molecule has 106 valence electrons. The number of aromatic hydroxyl groups is 2. The Morgan fingerprint density at radius 1 is 0.857 bits per heavy atom. The molecule has 0 amide bonds. The smallest absolute Gasteiger partial charge is 0.262 e. The molecule has 5 nitrogen and oxygen atoms in total. The summed E-state index contributed by atoms with van der Waals surface area (Å²) in [6, 6.07) is 10.4. The number of hydrogen-bond acceptors (Lipinski definition) is 5. The van der Waals surface area contributed by atoms with Gasteiger partial charge in [-0.1, -0.05) is 17.3 Å². The number of aromatic nitrogens is 2. The van der Waals surface area contributed by atoms with E-state index in [-0.39, 0.29) is 23.2 Å². The molecule has 0 atom stereocenters. The summed E-state index contributed by atoms with van der Waals surface area (Å²) in [5, 5.41) is 23.7. The summed E-state index contributed by atoms with van der Waals surface area (Å²) in [5.74, 6) is 0.666. The molecule has 5 heteroatoms. The highest BCUT2D eigenvalue weighted by molar-refractivity contribution is 5.68. The fourth-order valence-electron chi connectivity index (χ4n) is 2.10. The number of benzene rings is 2. The maximum atomic E-state index is 9.94. The van der Waals surface area contributed by atoms with Crippen LogP contribution in [0.25, 0.3) is 22.8 Å². The van der Waals surface area contributed by atoms with Gasteiger partial charge in [0.05, 0.1) is 11.1 Å². The summed E-state index contributed by atoms with van der Waals surface area (Å²) in [7, 11) is 0. The lowest BCUT2D eigenvalue weighted by Crippen LogP contribution is -1.84. The first-order chi connectivity index (χ1) is 10.0. The van der Waals surface area contributed by atoms with E-state index in [1.165, 1.54) is 0 Å². The molecule has 0 radical (unpaired) electrons. The van der Waals surface area contributed by atoms with Crippen molar-refractivity contribution in [3.05, 3.63) is 47.5 Å². The normalized spacial score (nSPS) is 10.8. The fraction of sp³-hybridized carbons (Fsp3) is 0.125. The third-order valence-corrected chi connectivity index (χ3v) is 3.20. The lowest BCUT2D eigenvalue weighted by molar-refractivity contribution is 0.424. The second-order valence-electron chi connectivity index (χ2n) is 4.96. The van der Waals surface area contributed by atoms with Crippen LogP contribution in [0.3, 0.4) is 0 Å². The molecule has 0 bridgehead atoms. The molecule has 0 saturated heterocycles. The number of aryl methyl sites for hydroxylation is 2. The molecule has 1 heterocycles. The topological polar surface area (TPSA) is 79.4 Å². The molecule has 0 aliphatic heterocycles. The number of phenolic OH excluding ortho intramolecular Hbond substituents is 2. The Hall–Kier alpha value is -2.82. The van der Waals surface area contributed by atoms with E-state index in [9.17, 15) is 10.2 Å². The average molecular weight is 282 g/mol. The predicted molar refractivity (Wildman–Crippen MR) is 78.0 cm³/mol. The van der Waals surface area contributed by atoms with Crippen LogP contribution in [0.15, 0.2) is 40.9 Å². The second kappa shape index (κ2) is 4.94. The van der Waals surface area contributed by atoms with Crippen LogP contribution in [0.2, 0.25) is 0 Å². The first-order valence-corrected chi connectivity index (χ1v) is 6.48. The third-order valence-electron chi connectivity index (χ3n) is 3.20. The van der Waals surface area contributed by atoms with Crippen LogP contribution in [0.5, 0.6) is 11.5 Å². The van der Waals surface area contributed by atoms with Gasteiger partial charge in [0, 0.05) is 0 Å². The van der Waals surface area contributed by atoms with Crippen LogP contribution in [0.4, 0.5) is 0 Å². The average Bonchev–Trinajstić information content (AvgIpc) is 2.87. The summed E-state index contributed by atoms with van der Waals surface area (Å²) in [4.78, 5) is 4.23. The minimum Gasteiger partial charge on any atom is -0.507 e. The van der Waals surface area contributed by atoms with Gasteiger partial charge in [-0.25, -0.2) is 0 Å². The molecule has 0 saturated carbocycles. The molecule has 3 aromatic rings. The maximum Gasteiger partial charge on any atom is 0.262 e. The zero-order valence-corrected chi connectivity index (χ0v) is 11.7. The number of rotatable bonds is 2. The van der Waals surface area contributed by atoms with Crippen LogP contribution < -0.4 is 0 Å². The standard InChI is InChI=1S/C16H14N2O3/c1-9-3-5-11(13(19)7-9)15-17-16(21-18-15)12-6-4-10(2)8-14(12)20/h3-8,19-20H,1-2H3. The summed E-state index contributed by atoms with van der Waals surface area (Å²) in [6.07, 6.45) is 0. The van der Waals surface area contributed by atoms with Gasteiger partial charge in [-0.05, 0) is 49.2 Å². The Morgan fingerprint density at radius 2 is 1.43 bits per heavy atom. The first kappa shape index (κ1) is 13.2. The SMILES string of the molecule is Cc1ccc(-c2noc(-c3ccc(C)cc3O)n2)c(O)c1. The van der Waals surface area contributed by atoms with Crippen LogP contribution in [0, 0.1) is 13.8 Å². The minimum atomic E-state index is 0.0818. The van der Waals surface area contributed by atoms with Gasteiger partial charge in [0.2, 0.25) is 5.82 Å². The van der Waals surface area contributed by atoms with E-state index >= 15 is 0 Å². The molecule has 0 aliphatic carbocycles. The van der Waals surface area contributed by atoms with Gasteiger partial charge >= 0.3 is 0 Å². The Bertz CT molecular complexity index is 743. The Balaban J connectivity index is 2.03. The van der Waals surface area contributed by atoms with Crippen molar-refractivity contribution in [1.82, 2.24) is 10.1 Å². The highest BCUT2D eigenvalue weighted by atomic mass is 16.5. The summed E-state index contributed by atoms with van der Waals surface area (Å²) in [6.45, 7) is 3.77. The molecule has 0 aliphatic rings. The van der Waals surface area contributed by atoms with Gasteiger partial charge < -0.3 is 14.7 Å². The van der Waals surface area contributed by atoms with Crippen LogP contribution >= 0.6 is 0 Å². The van der Waals surface area contributed by atoms with Crippen molar-refractivity contribution in [2.75, 3.05) is 0 Å². The first-order valence-electron chi connectivity index (χ1n) is 6.48. The quantitative estimate of drug-likeness (QED) is 0.752. The fourth-order valence-corrected chi connectivity index (χ4v) is 2.10. The van der Waals surface area contributed by atoms with Crippen molar-refractivity contribution in [3.63, 3.8) is 0 Å². The summed E-state index contributed by atoms with van der Waals surface area (Å²) < 4.78 is 5.18. The van der Waals surface area contributed by atoms with Gasteiger partial charge in [0.25, 0.3) is 5.89 Å². The van der Waals surface area contributed by atoms with Gasteiger partial charge in [0.15, 0.2) is 0 Å². The number of phenols is 2. The number of nitrogens with zero attached hydrogens (tertiary/aromatic N) is 2. The Morgan fingerprint density at radius 3 is 2.00 bits per heavy atom. The van der Waals surface area contributed by atoms with E-state index < -0.39 is 0 Å². The van der Waals surface area contributed by atoms with Crippen molar-refractivity contribution in [1.29, 1.82) is 0 Å². The monoisotopic (exact) mass is 282 g/mol. The van der Waals surface area contributed by atoms with E-state index in [4.69, 9.17) is 4.52 Å².